The monoisotopic (exact) mass is 448 g/mol. The van der Waals surface area contributed by atoms with E-state index in [1.165, 1.54) is 39.2 Å². The Balaban J connectivity index is 1.62. The summed E-state index contributed by atoms with van der Waals surface area (Å²) in [5, 5.41) is 0. The van der Waals surface area contributed by atoms with Crippen LogP contribution in [0.5, 0.6) is 0 Å². The Labute approximate surface area is 196 Å². The molecule has 162 valence electrons. The molecule has 2 heterocycles. The highest BCUT2D eigenvalue weighted by Gasteiger charge is 2.32. The molecular formula is C29H24N2OS. The number of rotatable bonds is 2. The van der Waals surface area contributed by atoms with Crippen LogP contribution in [0.2, 0.25) is 0 Å². The normalized spacial score (nSPS) is 17.3. The number of benzene rings is 3. The third kappa shape index (κ3) is 3.42. The fraction of sp³-hybridized carbons (Fsp3) is 0.172. The first-order chi connectivity index (χ1) is 16.1. The van der Waals surface area contributed by atoms with Gasteiger partial charge in [0.05, 0.1) is 16.3 Å². The lowest BCUT2D eigenvalue weighted by molar-refractivity contribution is 0.585. The van der Waals surface area contributed by atoms with Crippen molar-refractivity contribution in [2.45, 2.75) is 32.7 Å². The van der Waals surface area contributed by atoms with Crippen LogP contribution in [-0.2, 0) is 6.42 Å². The Bertz CT molecular complexity index is 1590. The van der Waals surface area contributed by atoms with Gasteiger partial charge in [-0.2, -0.15) is 0 Å². The molecule has 1 atom stereocenters. The number of aromatic nitrogens is 1. The minimum Gasteiger partial charge on any atom is -0.272 e. The van der Waals surface area contributed by atoms with Crippen molar-refractivity contribution < 1.29 is 0 Å². The molecule has 1 aliphatic carbocycles. The topological polar surface area (TPSA) is 34.4 Å². The Kier molecular flexibility index (Phi) is 4.77. The molecule has 0 radical (unpaired) electrons. The summed E-state index contributed by atoms with van der Waals surface area (Å²) >= 11 is 1.49. The van der Waals surface area contributed by atoms with Crippen LogP contribution >= 0.6 is 11.3 Å². The lowest BCUT2D eigenvalue weighted by atomic mass is 9.83. The van der Waals surface area contributed by atoms with Crippen LogP contribution in [0.15, 0.2) is 88.2 Å². The lowest BCUT2D eigenvalue weighted by Gasteiger charge is -2.30. The predicted octanol–water partition coefficient (Wildman–Crippen LogP) is 4.94. The zero-order valence-corrected chi connectivity index (χ0v) is 19.5. The Morgan fingerprint density at radius 2 is 1.61 bits per heavy atom. The minimum absolute atomic E-state index is 0.0373. The Hall–Kier alpha value is -3.50. The summed E-state index contributed by atoms with van der Waals surface area (Å²) in [4.78, 5) is 19.6. The number of fused-ring (bicyclic) bond motifs is 3. The highest BCUT2D eigenvalue weighted by molar-refractivity contribution is 7.07. The number of nitrogens with zero attached hydrogens (tertiary/aromatic N) is 2. The standard InChI is InChI=1S/C29H24N2OS/c1-18-7-11-20(12-8-18)17-25-28(32)31-27(22-13-9-19(2)10-14-22)24-16-15-21-5-3-4-6-23(21)26(24)30-29(31)33-25/h3-14,17,27H,15-16H2,1-2H3/b25-17+/t27-/m1/s1. The van der Waals surface area contributed by atoms with Crippen molar-refractivity contribution in [2.24, 2.45) is 4.99 Å². The summed E-state index contributed by atoms with van der Waals surface area (Å²) < 4.78 is 2.64. The van der Waals surface area contributed by atoms with Crippen molar-refractivity contribution in [2.75, 3.05) is 0 Å². The quantitative estimate of drug-likeness (QED) is 0.428. The molecular weight excluding hydrogens is 424 g/mol. The average Bonchev–Trinajstić information content (AvgIpc) is 3.14. The zero-order chi connectivity index (χ0) is 22.5. The molecule has 0 N–H and O–H groups in total. The molecule has 0 saturated heterocycles. The lowest BCUT2D eigenvalue weighted by Crippen LogP contribution is -2.38. The van der Waals surface area contributed by atoms with Gasteiger partial charge in [-0.25, -0.2) is 4.99 Å². The van der Waals surface area contributed by atoms with Gasteiger partial charge in [-0.05, 0) is 55.0 Å². The van der Waals surface area contributed by atoms with Gasteiger partial charge in [0.25, 0.3) is 5.56 Å². The molecule has 3 aromatic carbocycles. The van der Waals surface area contributed by atoms with E-state index in [1.807, 2.05) is 10.6 Å². The molecule has 2 aliphatic rings. The van der Waals surface area contributed by atoms with Crippen LogP contribution in [-0.4, -0.2) is 4.57 Å². The van der Waals surface area contributed by atoms with Gasteiger partial charge in [0.15, 0.2) is 4.80 Å². The summed E-state index contributed by atoms with van der Waals surface area (Å²) in [5.41, 5.74) is 9.46. The van der Waals surface area contributed by atoms with E-state index in [0.29, 0.717) is 0 Å². The SMILES string of the molecule is Cc1ccc(/C=c2/sc3n(c2=O)[C@H](c2ccc(C)cc2)C2=C(N=3)c3ccccc3CC2)cc1. The molecule has 6 rings (SSSR count). The van der Waals surface area contributed by atoms with Gasteiger partial charge in [0.1, 0.15) is 0 Å². The molecule has 4 aromatic rings. The molecule has 1 aromatic heterocycles. The van der Waals surface area contributed by atoms with Gasteiger partial charge in [-0.15, -0.1) is 0 Å². The van der Waals surface area contributed by atoms with Gasteiger partial charge < -0.3 is 0 Å². The van der Waals surface area contributed by atoms with Crippen molar-refractivity contribution in [1.29, 1.82) is 0 Å². The highest BCUT2D eigenvalue weighted by atomic mass is 32.1. The second-order valence-corrected chi connectivity index (χ2v) is 9.94. The molecule has 0 fully saturated rings. The third-order valence-corrected chi connectivity index (χ3v) is 7.62. The summed E-state index contributed by atoms with van der Waals surface area (Å²) in [5.74, 6) is 0. The molecule has 0 bridgehead atoms. The highest BCUT2D eigenvalue weighted by Crippen LogP contribution is 2.41. The first-order valence-electron chi connectivity index (χ1n) is 11.3. The van der Waals surface area contributed by atoms with Gasteiger partial charge in [-0.3, -0.25) is 9.36 Å². The summed E-state index contributed by atoms with van der Waals surface area (Å²) in [6.07, 6.45) is 3.88. The van der Waals surface area contributed by atoms with Crippen molar-refractivity contribution in [3.05, 3.63) is 131 Å². The van der Waals surface area contributed by atoms with Gasteiger partial charge >= 0.3 is 0 Å². The fourth-order valence-electron chi connectivity index (χ4n) is 4.89. The number of aryl methyl sites for hydroxylation is 3. The van der Waals surface area contributed by atoms with E-state index >= 15 is 0 Å². The predicted molar refractivity (Wildman–Crippen MR) is 135 cm³/mol. The molecule has 0 saturated carbocycles. The van der Waals surface area contributed by atoms with E-state index in [1.54, 1.807) is 0 Å². The number of hydrogen-bond donors (Lipinski definition) is 0. The minimum atomic E-state index is -0.120. The Morgan fingerprint density at radius 1 is 0.909 bits per heavy atom. The second-order valence-electron chi connectivity index (χ2n) is 8.94. The van der Waals surface area contributed by atoms with Crippen LogP contribution in [0.4, 0.5) is 0 Å². The van der Waals surface area contributed by atoms with E-state index in [2.05, 4.69) is 86.6 Å². The maximum atomic E-state index is 13.7. The van der Waals surface area contributed by atoms with Crippen LogP contribution in [0.3, 0.4) is 0 Å². The van der Waals surface area contributed by atoms with E-state index in [0.717, 1.165) is 39.0 Å². The zero-order valence-electron chi connectivity index (χ0n) is 18.7. The molecule has 0 spiro atoms. The van der Waals surface area contributed by atoms with E-state index in [9.17, 15) is 4.79 Å². The summed E-state index contributed by atoms with van der Waals surface area (Å²) in [6.45, 7) is 4.17. The summed E-state index contributed by atoms with van der Waals surface area (Å²) in [7, 11) is 0. The average molecular weight is 449 g/mol. The first kappa shape index (κ1) is 20.1. The maximum absolute atomic E-state index is 13.7. The van der Waals surface area contributed by atoms with Crippen molar-refractivity contribution in [3.8, 4) is 0 Å². The fourth-order valence-corrected chi connectivity index (χ4v) is 5.89. The maximum Gasteiger partial charge on any atom is 0.271 e. The third-order valence-electron chi connectivity index (χ3n) is 6.64. The van der Waals surface area contributed by atoms with E-state index in [-0.39, 0.29) is 11.6 Å². The summed E-state index contributed by atoms with van der Waals surface area (Å²) in [6, 6.07) is 25.3. The Morgan fingerprint density at radius 3 is 2.36 bits per heavy atom. The van der Waals surface area contributed by atoms with Crippen LogP contribution in [0.1, 0.15) is 45.8 Å². The van der Waals surface area contributed by atoms with Crippen molar-refractivity contribution >= 4 is 23.1 Å². The largest absolute Gasteiger partial charge is 0.272 e. The van der Waals surface area contributed by atoms with Crippen LogP contribution < -0.4 is 14.9 Å². The smallest absolute Gasteiger partial charge is 0.271 e. The first-order valence-corrected chi connectivity index (χ1v) is 12.2. The molecule has 4 heteroatoms. The molecule has 0 amide bonds. The van der Waals surface area contributed by atoms with Gasteiger partial charge in [0, 0.05) is 5.56 Å². The van der Waals surface area contributed by atoms with Crippen molar-refractivity contribution in [1.82, 2.24) is 4.57 Å². The number of thiazole rings is 1. The molecule has 1 aliphatic heterocycles. The molecule has 3 nitrogen and oxygen atoms in total. The molecule has 0 unspecified atom stereocenters. The van der Waals surface area contributed by atoms with Crippen LogP contribution in [0.25, 0.3) is 11.8 Å². The van der Waals surface area contributed by atoms with Crippen LogP contribution in [0, 0.1) is 13.8 Å². The van der Waals surface area contributed by atoms with Gasteiger partial charge in [-0.1, -0.05) is 95.3 Å². The number of allylic oxidation sites excluding steroid dienone is 1. The van der Waals surface area contributed by atoms with E-state index in [4.69, 9.17) is 4.99 Å². The molecule has 33 heavy (non-hydrogen) atoms. The number of hydrogen-bond acceptors (Lipinski definition) is 3. The van der Waals surface area contributed by atoms with E-state index < -0.39 is 0 Å². The second kappa shape index (κ2) is 7.82. The van der Waals surface area contributed by atoms with Crippen molar-refractivity contribution in [3.63, 3.8) is 0 Å². The van der Waals surface area contributed by atoms with Gasteiger partial charge in [0.2, 0.25) is 0 Å².